The van der Waals surface area contributed by atoms with Crippen LogP contribution in [0, 0.1) is 6.92 Å². The molecule has 1 atom stereocenters. The Balaban J connectivity index is 1.17. The van der Waals surface area contributed by atoms with E-state index in [9.17, 15) is 9.59 Å². The lowest BCUT2D eigenvalue weighted by Crippen LogP contribution is -2.48. The van der Waals surface area contributed by atoms with Crippen LogP contribution in [0.5, 0.6) is 5.75 Å². The van der Waals surface area contributed by atoms with Crippen molar-refractivity contribution in [2.75, 3.05) is 18.4 Å². The average Bonchev–Trinajstić information content (AvgIpc) is 3.45. The zero-order chi connectivity index (χ0) is 33.0. The van der Waals surface area contributed by atoms with Crippen LogP contribution in [-0.2, 0) is 11.3 Å². The molecule has 0 bridgehead atoms. The number of piperidine rings is 1. The molecule has 0 radical (unpaired) electrons. The maximum atomic E-state index is 13.5. The number of nitrogens with one attached hydrogen (secondary N) is 2. The monoisotopic (exact) mass is 636 g/mol. The molecular formula is C37H44N6O4. The third-order valence-corrected chi connectivity index (χ3v) is 8.41. The molecule has 1 saturated heterocycles. The molecule has 2 aromatic carbocycles. The van der Waals surface area contributed by atoms with Crippen LogP contribution in [0.15, 0.2) is 73.3 Å². The number of amides is 2. The van der Waals surface area contributed by atoms with Gasteiger partial charge in [0.1, 0.15) is 17.0 Å². The maximum Gasteiger partial charge on any atom is 0.407 e. The second kappa shape index (κ2) is 14.0. The summed E-state index contributed by atoms with van der Waals surface area (Å²) in [5.74, 6) is 0.579. The molecule has 47 heavy (non-hydrogen) atoms. The fourth-order valence-electron chi connectivity index (χ4n) is 5.93. The summed E-state index contributed by atoms with van der Waals surface area (Å²) in [5, 5.41) is 6.12. The Kier molecular flexibility index (Phi) is 9.58. The molecule has 2 N–H and O–H groups in total. The van der Waals surface area contributed by atoms with E-state index in [1.165, 1.54) is 6.42 Å². The van der Waals surface area contributed by atoms with Crippen LogP contribution in [0.3, 0.4) is 0 Å². The molecule has 2 fully saturated rings. The SMILES string of the molecule is Cc1cn(-c2cc(CN3CCC[C@H](NC(=O)OC(C)(C)C)C3)cc(NC(=O)c3cc(-c4ccc(OC5CCC5)cc4)ccn3)c2)cn1. The lowest BCUT2D eigenvalue weighted by molar-refractivity contribution is 0.0470. The fraction of sp³-hybridized carbons (Fsp3) is 0.405. The predicted molar refractivity (Wildman–Crippen MR) is 182 cm³/mol. The van der Waals surface area contributed by atoms with Crippen molar-refractivity contribution in [1.82, 2.24) is 24.8 Å². The van der Waals surface area contributed by atoms with Crippen molar-refractivity contribution in [3.8, 4) is 22.6 Å². The number of aromatic nitrogens is 3. The quantitative estimate of drug-likeness (QED) is 0.205. The predicted octanol–water partition coefficient (Wildman–Crippen LogP) is 6.92. The van der Waals surface area contributed by atoms with Gasteiger partial charge in [0, 0.05) is 42.9 Å². The van der Waals surface area contributed by atoms with E-state index in [0.717, 1.165) is 66.0 Å². The number of benzene rings is 2. The Labute approximate surface area is 276 Å². The van der Waals surface area contributed by atoms with Gasteiger partial charge in [0.05, 0.1) is 18.1 Å². The van der Waals surface area contributed by atoms with E-state index in [1.807, 2.05) is 87.0 Å². The Morgan fingerprint density at radius 3 is 2.47 bits per heavy atom. The highest BCUT2D eigenvalue weighted by atomic mass is 16.6. The van der Waals surface area contributed by atoms with E-state index in [-0.39, 0.29) is 18.0 Å². The highest BCUT2D eigenvalue weighted by Crippen LogP contribution is 2.28. The number of nitrogens with zero attached hydrogens (tertiary/aromatic N) is 4. The summed E-state index contributed by atoms with van der Waals surface area (Å²) < 4.78 is 13.4. The number of carbonyl (C=O) groups excluding carboxylic acids is 2. The van der Waals surface area contributed by atoms with E-state index in [4.69, 9.17) is 9.47 Å². The van der Waals surface area contributed by atoms with Crippen LogP contribution in [0.4, 0.5) is 10.5 Å². The van der Waals surface area contributed by atoms with Gasteiger partial charge in [0.15, 0.2) is 0 Å². The number of ether oxygens (including phenoxy) is 2. The first-order valence-corrected chi connectivity index (χ1v) is 16.5. The van der Waals surface area contributed by atoms with Crippen LogP contribution < -0.4 is 15.4 Å². The van der Waals surface area contributed by atoms with Crippen LogP contribution in [0.25, 0.3) is 16.8 Å². The molecule has 10 heteroatoms. The zero-order valence-electron chi connectivity index (χ0n) is 27.7. The van der Waals surface area contributed by atoms with Gasteiger partial charge in [-0.2, -0.15) is 0 Å². The molecule has 246 valence electrons. The van der Waals surface area contributed by atoms with Crippen molar-refractivity contribution >= 4 is 17.7 Å². The smallest absolute Gasteiger partial charge is 0.407 e. The summed E-state index contributed by atoms with van der Waals surface area (Å²) in [5.41, 5.74) is 5.17. The molecule has 0 unspecified atom stereocenters. The molecule has 10 nitrogen and oxygen atoms in total. The van der Waals surface area contributed by atoms with E-state index in [2.05, 4.69) is 31.6 Å². The lowest BCUT2D eigenvalue weighted by atomic mass is 9.96. The number of pyridine rings is 1. The molecule has 4 aromatic rings. The van der Waals surface area contributed by atoms with Crippen molar-refractivity contribution < 1.29 is 19.1 Å². The van der Waals surface area contributed by atoms with Gasteiger partial charge in [-0.15, -0.1) is 0 Å². The molecule has 1 aliphatic carbocycles. The zero-order valence-corrected chi connectivity index (χ0v) is 27.7. The molecule has 1 aliphatic heterocycles. The highest BCUT2D eigenvalue weighted by Gasteiger charge is 2.25. The van der Waals surface area contributed by atoms with E-state index < -0.39 is 5.60 Å². The standard InChI is InChI=1S/C37H44N6O4/c1-25-21-43(24-39-25)31-18-26(22-42-16-6-7-29(23-42)41-36(45)47-37(2,3)4)17-30(20-31)40-35(44)34-19-28(14-15-38-34)27-10-12-33(13-11-27)46-32-8-5-9-32/h10-15,17-21,24,29,32H,5-9,16,22-23H2,1-4H3,(H,40,44)(H,41,45)/t29-/m0/s1. The van der Waals surface area contributed by atoms with Crippen molar-refractivity contribution in [1.29, 1.82) is 0 Å². The summed E-state index contributed by atoms with van der Waals surface area (Å²) in [7, 11) is 0. The first-order valence-electron chi connectivity index (χ1n) is 16.5. The van der Waals surface area contributed by atoms with Crippen molar-refractivity contribution in [2.24, 2.45) is 0 Å². The summed E-state index contributed by atoms with van der Waals surface area (Å²) in [4.78, 5) is 37.1. The summed E-state index contributed by atoms with van der Waals surface area (Å²) in [6.07, 6.45) is 10.6. The van der Waals surface area contributed by atoms with Crippen LogP contribution >= 0.6 is 0 Å². The van der Waals surface area contributed by atoms with Gasteiger partial charge < -0.3 is 24.7 Å². The Morgan fingerprint density at radius 1 is 0.957 bits per heavy atom. The maximum absolute atomic E-state index is 13.5. The van der Waals surface area contributed by atoms with Gasteiger partial charge in [-0.1, -0.05) is 12.1 Å². The number of likely N-dealkylation sites (tertiary alicyclic amines) is 1. The Morgan fingerprint density at radius 2 is 1.77 bits per heavy atom. The Hall–Kier alpha value is -4.70. The number of hydrogen-bond donors (Lipinski definition) is 2. The van der Waals surface area contributed by atoms with Crippen LogP contribution in [-0.4, -0.2) is 62.3 Å². The molecule has 0 spiro atoms. The number of aryl methyl sites for hydroxylation is 1. The van der Waals surface area contributed by atoms with Crippen molar-refractivity contribution in [2.45, 2.75) is 84.1 Å². The van der Waals surface area contributed by atoms with Gasteiger partial charge in [0.2, 0.25) is 0 Å². The minimum absolute atomic E-state index is 0.00193. The third-order valence-electron chi connectivity index (χ3n) is 8.41. The first-order chi connectivity index (χ1) is 22.6. The fourth-order valence-corrected chi connectivity index (χ4v) is 5.93. The topological polar surface area (TPSA) is 111 Å². The van der Waals surface area contributed by atoms with Gasteiger partial charge in [-0.3, -0.25) is 14.7 Å². The third kappa shape index (κ3) is 8.77. The summed E-state index contributed by atoms with van der Waals surface area (Å²) in [6, 6.07) is 17.8. The van der Waals surface area contributed by atoms with Crippen LogP contribution in [0.1, 0.15) is 74.6 Å². The van der Waals surface area contributed by atoms with E-state index >= 15 is 0 Å². The molecule has 2 amide bonds. The first kappa shape index (κ1) is 32.2. The second-order valence-electron chi connectivity index (χ2n) is 13.6. The molecule has 1 saturated carbocycles. The number of alkyl carbamates (subject to hydrolysis) is 1. The Bertz CT molecular complexity index is 1710. The number of hydrogen-bond acceptors (Lipinski definition) is 7. The average molecular weight is 637 g/mol. The van der Waals surface area contributed by atoms with Gasteiger partial charge in [-0.05, 0) is 125 Å². The molecule has 6 rings (SSSR count). The van der Waals surface area contributed by atoms with Gasteiger partial charge in [-0.25, -0.2) is 9.78 Å². The van der Waals surface area contributed by atoms with Crippen molar-refractivity contribution in [3.63, 3.8) is 0 Å². The summed E-state index contributed by atoms with van der Waals surface area (Å²) >= 11 is 0. The second-order valence-corrected chi connectivity index (χ2v) is 13.6. The van der Waals surface area contributed by atoms with Crippen LogP contribution in [0.2, 0.25) is 0 Å². The molecule has 2 aliphatic rings. The van der Waals surface area contributed by atoms with E-state index in [1.54, 1.807) is 12.5 Å². The number of carbonyl (C=O) groups is 2. The number of rotatable bonds is 9. The van der Waals surface area contributed by atoms with Crippen molar-refractivity contribution in [3.05, 3.63) is 90.3 Å². The van der Waals surface area contributed by atoms with Gasteiger partial charge in [0.25, 0.3) is 5.91 Å². The molecule has 3 heterocycles. The lowest BCUT2D eigenvalue weighted by Gasteiger charge is -2.33. The minimum atomic E-state index is -0.544. The molecular weight excluding hydrogens is 592 g/mol. The molecule has 2 aromatic heterocycles. The number of imidazole rings is 1. The minimum Gasteiger partial charge on any atom is -0.490 e. The van der Waals surface area contributed by atoms with E-state index in [0.29, 0.717) is 30.6 Å². The normalized spacial score (nSPS) is 17.1. The largest absolute Gasteiger partial charge is 0.490 e. The highest BCUT2D eigenvalue weighted by molar-refractivity contribution is 6.03. The number of anilines is 1. The summed E-state index contributed by atoms with van der Waals surface area (Å²) in [6.45, 7) is 9.81. The van der Waals surface area contributed by atoms with Gasteiger partial charge >= 0.3 is 6.09 Å².